The second kappa shape index (κ2) is 4.41. The molecule has 15 heavy (non-hydrogen) atoms. The van der Waals surface area contributed by atoms with Crippen LogP contribution in [0.5, 0.6) is 5.75 Å². The van der Waals surface area contributed by atoms with Crippen LogP contribution in [0, 0.1) is 0 Å². The molecule has 1 heterocycles. The number of rotatable bonds is 3. The number of nitrogens with one attached hydrogen (secondary N) is 1. The fourth-order valence-electron chi connectivity index (χ4n) is 1.56. The van der Waals surface area contributed by atoms with E-state index < -0.39 is 0 Å². The van der Waals surface area contributed by atoms with E-state index in [-0.39, 0.29) is 0 Å². The van der Waals surface area contributed by atoms with E-state index >= 15 is 0 Å². The summed E-state index contributed by atoms with van der Waals surface area (Å²) < 4.78 is 5.19. The second-order valence-electron chi connectivity index (χ2n) is 3.21. The lowest BCUT2D eigenvalue weighted by atomic mass is 10.1. The minimum Gasteiger partial charge on any atom is -0.497 e. The number of ether oxygens (including phenoxy) is 1. The van der Waals surface area contributed by atoms with Gasteiger partial charge >= 0.3 is 0 Å². The van der Waals surface area contributed by atoms with E-state index in [1.54, 1.807) is 7.11 Å². The first-order chi connectivity index (χ1) is 7.35. The van der Waals surface area contributed by atoms with Crippen molar-refractivity contribution in [1.82, 2.24) is 4.98 Å². The van der Waals surface area contributed by atoms with Gasteiger partial charge in [0.15, 0.2) is 0 Å². The summed E-state index contributed by atoms with van der Waals surface area (Å²) in [5.41, 5.74) is 2.23. The molecule has 1 aromatic heterocycles. The number of alkyl halides is 1. The molecular weight excluding hydrogens is 210 g/mol. The van der Waals surface area contributed by atoms with Crippen molar-refractivity contribution >= 4 is 28.6 Å². The number of halogens is 1. The first kappa shape index (κ1) is 10.1. The number of hydrogen-bond donors (Lipinski definition) is 1. The fourth-order valence-corrected chi connectivity index (χ4v) is 1.65. The predicted molar refractivity (Wildman–Crippen MR) is 64.6 cm³/mol. The van der Waals surface area contributed by atoms with Crippen molar-refractivity contribution in [3.8, 4) is 5.75 Å². The Kier molecular flexibility index (Phi) is 2.97. The van der Waals surface area contributed by atoms with Gasteiger partial charge in [-0.15, -0.1) is 11.6 Å². The minimum absolute atomic E-state index is 0.524. The number of benzene rings is 1. The lowest BCUT2D eigenvalue weighted by Gasteiger charge is -1.99. The number of allylic oxidation sites excluding steroid dienone is 1. The second-order valence-corrected chi connectivity index (χ2v) is 3.52. The molecule has 2 rings (SSSR count). The fraction of sp³-hybridized carbons (Fsp3) is 0.167. The Hall–Kier alpha value is -1.41. The van der Waals surface area contributed by atoms with Gasteiger partial charge in [0.05, 0.1) is 7.11 Å². The quantitative estimate of drug-likeness (QED) is 0.790. The van der Waals surface area contributed by atoms with Gasteiger partial charge in [-0.2, -0.15) is 0 Å². The zero-order valence-electron chi connectivity index (χ0n) is 8.46. The molecule has 0 radical (unpaired) electrons. The molecule has 2 aromatic rings. The average molecular weight is 222 g/mol. The molecule has 78 valence electrons. The zero-order chi connectivity index (χ0) is 10.7. The number of aromatic amines is 1. The lowest BCUT2D eigenvalue weighted by molar-refractivity contribution is 0.415. The third kappa shape index (κ3) is 2.00. The summed E-state index contributed by atoms with van der Waals surface area (Å²) in [6.07, 6.45) is 5.89. The Morgan fingerprint density at radius 3 is 3.07 bits per heavy atom. The summed E-state index contributed by atoms with van der Waals surface area (Å²) in [4.78, 5) is 3.20. The average Bonchev–Trinajstić information content (AvgIpc) is 2.68. The van der Waals surface area contributed by atoms with Crippen molar-refractivity contribution in [1.29, 1.82) is 0 Å². The van der Waals surface area contributed by atoms with E-state index in [2.05, 4.69) is 4.98 Å². The molecule has 0 fully saturated rings. The van der Waals surface area contributed by atoms with Gasteiger partial charge in [-0.3, -0.25) is 0 Å². The minimum atomic E-state index is 0.524. The van der Waals surface area contributed by atoms with Crippen molar-refractivity contribution in [2.45, 2.75) is 0 Å². The summed E-state index contributed by atoms with van der Waals surface area (Å²) in [5, 5.41) is 1.15. The lowest BCUT2D eigenvalue weighted by Crippen LogP contribution is -1.81. The molecule has 0 spiro atoms. The van der Waals surface area contributed by atoms with Crippen LogP contribution in [0.3, 0.4) is 0 Å². The Bertz CT molecular complexity index is 487. The number of fused-ring (bicyclic) bond motifs is 1. The van der Waals surface area contributed by atoms with Crippen LogP contribution in [0.2, 0.25) is 0 Å². The number of H-pyrrole nitrogens is 1. The third-order valence-electron chi connectivity index (χ3n) is 2.31. The largest absolute Gasteiger partial charge is 0.497 e. The molecule has 0 saturated heterocycles. The Balaban J connectivity index is 2.51. The van der Waals surface area contributed by atoms with E-state index in [9.17, 15) is 0 Å². The third-order valence-corrected chi connectivity index (χ3v) is 2.49. The molecule has 0 amide bonds. The van der Waals surface area contributed by atoms with E-state index in [0.717, 1.165) is 22.2 Å². The van der Waals surface area contributed by atoms with Gasteiger partial charge in [0.1, 0.15) is 5.75 Å². The SMILES string of the molecule is COc1ccc2[nH]cc(C=CCCl)c2c1. The van der Waals surface area contributed by atoms with Crippen molar-refractivity contribution in [2.75, 3.05) is 13.0 Å². The summed E-state index contributed by atoms with van der Waals surface area (Å²) in [6.45, 7) is 0. The molecular formula is C12H12ClNO. The molecule has 0 aliphatic carbocycles. The molecule has 0 aliphatic rings. The van der Waals surface area contributed by atoms with Crippen LogP contribution in [0.25, 0.3) is 17.0 Å². The van der Waals surface area contributed by atoms with Crippen molar-refractivity contribution in [2.24, 2.45) is 0 Å². The van der Waals surface area contributed by atoms with E-state index in [0.29, 0.717) is 5.88 Å². The van der Waals surface area contributed by atoms with Crippen LogP contribution in [-0.4, -0.2) is 18.0 Å². The van der Waals surface area contributed by atoms with E-state index in [4.69, 9.17) is 16.3 Å². The van der Waals surface area contributed by atoms with Gasteiger partial charge in [0.25, 0.3) is 0 Å². The molecule has 3 heteroatoms. The van der Waals surface area contributed by atoms with Gasteiger partial charge < -0.3 is 9.72 Å². The molecule has 0 saturated carbocycles. The number of aromatic nitrogens is 1. The first-order valence-corrected chi connectivity index (χ1v) is 5.26. The maximum Gasteiger partial charge on any atom is 0.119 e. The highest BCUT2D eigenvalue weighted by Gasteiger charge is 2.01. The molecule has 1 N–H and O–H groups in total. The highest BCUT2D eigenvalue weighted by atomic mass is 35.5. The van der Waals surface area contributed by atoms with Crippen LogP contribution < -0.4 is 4.74 Å². The van der Waals surface area contributed by atoms with E-state index in [1.165, 1.54) is 0 Å². The van der Waals surface area contributed by atoms with Gasteiger partial charge in [0, 0.05) is 23.0 Å². The molecule has 2 nitrogen and oxygen atoms in total. The monoisotopic (exact) mass is 221 g/mol. The summed E-state index contributed by atoms with van der Waals surface area (Å²) >= 11 is 5.61. The highest BCUT2D eigenvalue weighted by molar-refractivity contribution is 6.19. The van der Waals surface area contributed by atoms with Crippen LogP contribution >= 0.6 is 11.6 Å². The molecule has 0 atom stereocenters. The maximum atomic E-state index is 5.61. The number of methoxy groups -OCH3 is 1. The van der Waals surface area contributed by atoms with Crippen LogP contribution in [0.4, 0.5) is 0 Å². The van der Waals surface area contributed by atoms with Crippen molar-refractivity contribution < 1.29 is 4.74 Å². The normalized spacial score (nSPS) is 11.3. The van der Waals surface area contributed by atoms with Crippen molar-refractivity contribution in [3.63, 3.8) is 0 Å². The molecule has 0 bridgehead atoms. The van der Waals surface area contributed by atoms with Crippen LogP contribution in [0.15, 0.2) is 30.5 Å². The molecule has 0 aliphatic heterocycles. The smallest absolute Gasteiger partial charge is 0.119 e. The van der Waals surface area contributed by atoms with Crippen molar-refractivity contribution in [3.05, 3.63) is 36.0 Å². The Morgan fingerprint density at radius 1 is 1.47 bits per heavy atom. The Morgan fingerprint density at radius 2 is 2.33 bits per heavy atom. The zero-order valence-corrected chi connectivity index (χ0v) is 9.21. The molecule has 1 aromatic carbocycles. The van der Waals surface area contributed by atoms with Gasteiger partial charge in [-0.05, 0) is 23.8 Å². The maximum absolute atomic E-state index is 5.61. The summed E-state index contributed by atoms with van der Waals surface area (Å²) in [5.74, 6) is 1.39. The van der Waals surface area contributed by atoms with Gasteiger partial charge in [-0.1, -0.05) is 12.2 Å². The molecule has 0 unspecified atom stereocenters. The van der Waals surface area contributed by atoms with Gasteiger partial charge in [-0.25, -0.2) is 0 Å². The van der Waals surface area contributed by atoms with Crippen LogP contribution in [-0.2, 0) is 0 Å². The summed E-state index contributed by atoms with van der Waals surface area (Å²) in [7, 11) is 1.67. The van der Waals surface area contributed by atoms with Crippen LogP contribution in [0.1, 0.15) is 5.56 Å². The predicted octanol–water partition coefficient (Wildman–Crippen LogP) is 3.43. The first-order valence-electron chi connectivity index (χ1n) is 4.73. The van der Waals surface area contributed by atoms with Gasteiger partial charge in [0.2, 0.25) is 0 Å². The summed E-state index contributed by atoms with van der Waals surface area (Å²) in [6, 6.07) is 5.96. The standard InChI is InChI=1S/C12H12ClNO/c1-15-10-4-5-12-11(7-10)9(8-14-12)3-2-6-13/h2-5,7-8,14H,6H2,1H3. The number of hydrogen-bond acceptors (Lipinski definition) is 1. The van der Waals surface area contributed by atoms with E-state index in [1.807, 2.05) is 36.5 Å². The Labute approximate surface area is 93.5 Å². The highest BCUT2D eigenvalue weighted by Crippen LogP contribution is 2.24. The topological polar surface area (TPSA) is 25.0 Å².